The number of aromatic nitrogens is 1. The van der Waals surface area contributed by atoms with Gasteiger partial charge in [0.15, 0.2) is 0 Å². The molecule has 0 radical (unpaired) electrons. The van der Waals surface area contributed by atoms with Crippen LogP contribution in [0, 0.1) is 0 Å². The van der Waals surface area contributed by atoms with E-state index in [1.165, 1.54) is 0 Å². The predicted molar refractivity (Wildman–Crippen MR) is 48.2 cm³/mol. The van der Waals surface area contributed by atoms with Crippen LogP contribution in [0.15, 0.2) is 24.5 Å². The van der Waals surface area contributed by atoms with Crippen LogP contribution in [-0.2, 0) is 0 Å². The minimum Gasteiger partial charge on any atom is -0.492 e. The van der Waals surface area contributed by atoms with Crippen molar-refractivity contribution in [2.75, 3.05) is 12.4 Å². The lowest BCUT2D eigenvalue weighted by Gasteiger charge is -2.02. The Hall–Kier alpha value is -0.700. The Kier molecular flexibility index (Phi) is 3.83. The molecule has 1 aromatic rings. The lowest BCUT2D eigenvalue weighted by atomic mass is 10.4. The van der Waals surface area contributed by atoms with Gasteiger partial charge in [-0.3, -0.25) is 4.98 Å². The molecule has 1 rings (SSSR count). The molecule has 0 saturated carbocycles. The Morgan fingerprint density at radius 3 is 3.09 bits per heavy atom. The summed E-state index contributed by atoms with van der Waals surface area (Å²) >= 11 is 4.07. The van der Waals surface area contributed by atoms with Crippen molar-refractivity contribution < 1.29 is 4.74 Å². The summed E-state index contributed by atoms with van der Waals surface area (Å²) in [5.74, 6) is 1.69. The highest BCUT2D eigenvalue weighted by molar-refractivity contribution is 7.80. The van der Waals surface area contributed by atoms with Crippen LogP contribution in [0.25, 0.3) is 0 Å². The van der Waals surface area contributed by atoms with Crippen molar-refractivity contribution in [2.24, 2.45) is 0 Å². The molecule has 0 unspecified atom stereocenters. The minimum absolute atomic E-state index is 0.717. The summed E-state index contributed by atoms with van der Waals surface area (Å²) in [6, 6.07) is 3.75. The average Bonchev–Trinajstić information content (AvgIpc) is 2.07. The first-order valence-electron chi connectivity index (χ1n) is 3.57. The van der Waals surface area contributed by atoms with E-state index in [9.17, 15) is 0 Å². The monoisotopic (exact) mass is 169 g/mol. The molecule has 0 spiro atoms. The summed E-state index contributed by atoms with van der Waals surface area (Å²) in [6.07, 6.45) is 4.40. The van der Waals surface area contributed by atoms with Crippen LogP contribution in [0.3, 0.4) is 0 Å². The zero-order valence-electron chi connectivity index (χ0n) is 6.23. The molecule has 0 atom stereocenters. The highest BCUT2D eigenvalue weighted by Crippen LogP contribution is 2.05. The summed E-state index contributed by atoms with van der Waals surface area (Å²) < 4.78 is 5.34. The van der Waals surface area contributed by atoms with E-state index < -0.39 is 0 Å². The van der Waals surface area contributed by atoms with Gasteiger partial charge in [-0.15, -0.1) is 0 Å². The molecule has 0 aliphatic carbocycles. The Morgan fingerprint density at radius 2 is 2.45 bits per heavy atom. The van der Waals surface area contributed by atoms with Crippen LogP contribution in [0.4, 0.5) is 0 Å². The van der Waals surface area contributed by atoms with Crippen LogP contribution < -0.4 is 4.74 Å². The number of hydrogen-bond acceptors (Lipinski definition) is 3. The molecule has 0 N–H and O–H groups in total. The fraction of sp³-hybridized carbons (Fsp3) is 0.375. The molecule has 0 amide bonds. The molecule has 0 fully saturated rings. The van der Waals surface area contributed by atoms with Gasteiger partial charge in [0.2, 0.25) is 0 Å². The molecule has 0 saturated heterocycles. The number of ether oxygens (including phenoxy) is 1. The van der Waals surface area contributed by atoms with Crippen molar-refractivity contribution in [1.82, 2.24) is 4.98 Å². The molecule has 11 heavy (non-hydrogen) atoms. The summed E-state index contributed by atoms with van der Waals surface area (Å²) in [6.45, 7) is 0.717. The van der Waals surface area contributed by atoms with E-state index in [1.807, 2.05) is 12.1 Å². The number of hydrogen-bond donors (Lipinski definition) is 1. The number of thiol groups is 1. The highest BCUT2D eigenvalue weighted by atomic mass is 32.1. The lowest BCUT2D eigenvalue weighted by molar-refractivity contribution is 0.317. The summed E-state index contributed by atoms with van der Waals surface area (Å²) in [4.78, 5) is 3.92. The Labute approximate surface area is 72.0 Å². The Bertz CT molecular complexity index is 191. The fourth-order valence-corrected chi connectivity index (χ4v) is 0.816. The molecule has 3 heteroatoms. The molecule has 1 heterocycles. The third kappa shape index (κ3) is 3.28. The maximum atomic E-state index is 5.34. The van der Waals surface area contributed by atoms with Crippen molar-refractivity contribution in [3.63, 3.8) is 0 Å². The summed E-state index contributed by atoms with van der Waals surface area (Å²) in [5, 5.41) is 0. The van der Waals surface area contributed by atoms with Crippen LogP contribution in [0.1, 0.15) is 6.42 Å². The standard InChI is InChI=1S/C8H11NOS/c11-6-2-5-10-8-3-1-4-9-7-8/h1,3-4,7,11H,2,5-6H2. The molecule has 0 aliphatic heterocycles. The Morgan fingerprint density at radius 1 is 1.55 bits per heavy atom. The van der Waals surface area contributed by atoms with Crippen LogP contribution in [0.5, 0.6) is 5.75 Å². The number of rotatable bonds is 4. The summed E-state index contributed by atoms with van der Waals surface area (Å²) in [5.41, 5.74) is 0. The molecular formula is C8H11NOS. The minimum atomic E-state index is 0.717. The number of nitrogens with zero attached hydrogens (tertiary/aromatic N) is 1. The van der Waals surface area contributed by atoms with Crippen molar-refractivity contribution >= 4 is 12.6 Å². The van der Waals surface area contributed by atoms with E-state index in [1.54, 1.807) is 12.4 Å². The van der Waals surface area contributed by atoms with Gasteiger partial charge in [-0.25, -0.2) is 0 Å². The first kappa shape index (κ1) is 8.40. The third-order valence-electron chi connectivity index (χ3n) is 1.21. The van der Waals surface area contributed by atoms with Crippen molar-refractivity contribution in [3.05, 3.63) is 24.5 Å². The highest BCUT2D eigenvalue weighted by Gasteiger charge is 1.89. The van der Waals surface area contributed by atoms with Crippen LogP contribution in [0.2, 0.25) is 0 Å². The van der Waals surface area contributed by atoms with Gasteiger partial charge in [0.25, 0.3) is 0 Å². The van der Waals surface area contributed by atoms with E-state index >= 15 is 0 Å². The quantitative estimate of drug-likeness (QED) is 0.548. The second kappa shape index (κ2) is 5.02. The molecule has 0 bridgehead atoms. The SMILES string of the molecule is SCCCOc1cccnc1. The van der Waals surface area contributed by atoms with Crippen molar-refractivity contribution in [1.29, 1.82) is 0 Å². The fourth-order valence-electron chi connectivity index (χ4n) is 0.687. The van der Waals surface area contributed by atoms with Crippen LogP contribution >= 0.6 is 12.6 Å². The van der Waals surface area contributed by atoms with E-state index in [2.05, 4.69) is 17.6 Å². The van der Waals surface area contributed by atoms with Gasteiger partial charge in [0.1, 0.15) is 5.75 Å². The maximum absolute atomic E-state index is 5.34. The molecule has 0 aliphatic rings. The van der Waals surface area contributed by atoms with E-state index in [4.69, 9.17) is 4.74 Å². The molecule has 0 aromatic carbocycles. The second-order valence-corrected chi connectivity index (χ2v) is 2.56. The van der Waals surface area contributed by atoms with E-state index in [0.29, 0.717) is 0 Å². The number of pyridine rings is 1. The molecule has 60 valence electrons. The van der Waals surface area contributed by atoms with Gasteiger partial charge in [-0.1, -0.05) is 0 Å². The van der Waals surface area contributed by atoms with Crippen LogP contribution in [-0.4, -0.2) is 17.3 Å². The first-order chi connectivity index (χ1) is 5.43. The zero-order chi connectivity index (χ0) is 7.94. The first-order valence-corrected chi connectivity index (χ1v) is 4.20. The normalized spacial score (nSPS) is 9.55. The van der Waals surface area contributed by atoms with Gasteiger partial charge in [-0.05, 0) is 24.3 Å². The van der Waals surface area contributed by atoms with Crippen molar-refractivity contribution in [3.8, 4) is 5.75 Å². The van der Waals surface area contributed by atoms with E-state index in [-0.39, 0.29) is 0 Å². The second-order valence-electron chi connectivity index (χ2n) is 2.11. The van der Waals surface area contributed by atoms with E-state index in [0.717, 1.165) is 24.5 Å². The van der Waals surface area contributed by atoms with Gasteiger partial charge < -0.3 is 4.74 Å². The third-order valence-corrected chi connectivity index (χ3v) is 1.52. The molecule has 2 nitrogen and oxygen atoms in total. The zero-order valence-corrected chi connectivity index (χ0v) is 7.13. The molecule has 1 aromatic heterocycles. The maximum Gasteiger partial charge on any atom is 0.137 e. The molecular weight excluding hydrogens is 158 g/mol. The predicted octanol–water partition coefficient (Wildman–Crippen LogP) is 1.78. The largest absolute Gasteiger partial charge is 0.492 e. The smallest absolute Gasteiger partial charge is 0.137 e. The van der Waals surface area contributed by atoms with Crippen molar-refractivity contribution in [2.45, 2.75) is 6.42 Å². The Balaban J connectivity index is 2.28. The topological polar surface area (TPSA) is 22.1 Å². The van der Waals surface area contributed by atoms with Gasteiger partial charge in [-0.2, -0.15) is 12.6 Å². The van der Waals surface area contributed by atoms with Gasteiger partial charge >= 0.3 is 0 Å². The van der Waals surface area contributed by atoms with Gasteiger partial charge in [0.05, 0.1) is 12.8 Å². The summed E-state index contributed by atoms with van der Waals surface area (Å²) in [7, 11) is 0. The van der Waals surface area contributed by atoms with Gasteiger partial charge in [0, 0.05) is 6.20 Å². The lowest BCUT2D eigenvalue weighted by Crippen LogP contribution is -1.97. The average molecular weight is 169 g/mol.